The third-order valence-electron chi connectivity index (χ3n) is 5.96. The molecule has 1 heterocycles. The smallest absolute Gasteiger partial charge is 0.319 e. The number of nitrogens with one attached hydrogen (secondary N) is 3. The minimum Gasteiger partial charge on any atom is -0.334 e. The molecule has 0 aliphatic heterocycles. The number of aromatic nitrogens is 1. The number of thiazole rings is 1. The molecule has 0 bridgehead atoms. The fourth-order valence-corrected chi connectivity index (χ4v) is 5.40. The molecule has 8 heteroatoms. The van der Waals surface area contributed by atoms with Gasteiger partial charge in [0.15, 0.2) is 0 Å². The number of benzene rings is 2. The van der Waals surface area contributed by atoms with E-state index in [0.717, 1.165) is 21.2 Å². The number of anilines is 2. The second kappa shape index (κ2) is 11.2. The Bertz CT molecular complexity index is 1120. The van der Waals surface area contributed by atoms with Crippen molar-refractivity contribution in [3.8, 4) is 10.4 Å². The Hall–Kier alpha value is -2.94. The van der Waals surface area contributed by atoms with Gasteiger partial charge in [-0.05, 0) is 57.4 Å². The molecule has 0 radical (unpaired) electrons. The van der Waals surface area contributed by atoms with Crippen LogP contribution in [0.4, 0.5) is 16.2 Å². The molecule has 0 unspecified atom stereocenters. The van der Waals surface area contributed by atoms with Gasteiger partial charge in [0.1, 0.15) is 0 Å². The Balaban J connectivity index is 1.54. The van der Waals surface area contributed by atoms with Gasteiger partial charge in [0.2, 0.25) is 0 Å². The number of nitrogens with zero attached hydrogens (tertiary/aromatic N) is 2. The Kier molecular flexibility index (Phi) is 8.05. The summed E-state index contributed by atoms with van der Waals surface area (Å²) in [4.78, 5) is 18.2. The number of rotatable bonds is 7. The summed E-state index contributed by atoms with van der Waals surface area (Å²) in [5.41, 5.74) is 5.75. The highest BCUT2D eigenvalue weighted by Gasteiger charge is 2.22. The molecular formula is C27H35N5O2S. The van der Waals surface area contributed by atoms with E-state index in [-0.39, 0.29) is 11.6 Å². The Morgan fingerprint density at radius 2 is 1.86 bits per heavy atom. The predicted octanol–water partition coefficient (Wildman–Crippen LogP) is 6.68. The fraction of sp³-hybridized carbons (Fsp3) is 0.407. The predicted molar refractivity (Wildman–Crippen MR) is 143 cm³/mol. The van der Waals surface area contributed by atoms with Crippen LogP contribution in [0.15, 0.2) is 54.7 Å². The van der Waals surface area contributed by atoms with E-state index in [1.165, 1.54) is 37.1 Å². The van der Waals surface area contributed by atoms with Crippen molar-refractivity contribution >= 4 is 28.7 Å². The van der Waals surface area contributed by atoms with Gasteiger partial charge in [-0.25, -0.2) is 15.2 Å². The Morgan fingerprint density at radius 1 is 1.11 bits per heavy atom. The molecule has 1 saturated carbocycles. The summed E-state index contributed by atoms with van der Waals surface area (Å²) in [6.45, 7) is 6.36. The topological polar surface area (TPSA) is 89.5 Å². The van der Waals surface area contributed by atoms with Gasteiger partial charge in [-0.2, -0.15) is 5.17 Å². The van der Waals surface area contributed by atoms with Gasteiger partial charge in [-0.1, -0.05) is 49.6 Å². The summed E-state index contributed by atoms with van der Waals surface area (Å²) in [5.74, 6) is 0.526. The molecular weight excluding hydrogens is 458 g/mol. The first-order valence-corrected chi connectivity index (χ1v) is 13.1. The molecule has 0 saturated heterocycles. The van der Waals surface area contributed by atoms with Crippen molar-refractivity contribution in [2.45, 2.75) is 70.9 Å². The third-order valence-corrected chi connectivity index (χ3v) is 7.16. The summed E-state index contributed by atoms with van der Waals surface area (Å²) in [6, 6.07) is 15.0. The van der Waals surface area contributed by atoms with Crippen molar-refractivity contribution in [2.75, 3.05) is 10.5 Å². The van der Waals surface area contributed by atoms with E-state index in [0.29, 0.717) is 23.8 Å². The van der Waals surface area contributed by atoms with Gasteiger partial charge in [-0.15, -0.1) is 11.3 Å². The van der Waals surface area contributed by atoms with Crippen molar-refractivity contribution in [2.24, 2.45) is 0 Å². The zero-order valence-corrected chi connectivity index (χ0v) is 21.5. The lowest BCUT2D eigenvalue weighted by Crippen LogP contribution is -2.47. The highest BCUT2D eigenvalue weighted by atomic mass is 32.1. The number of carbonyl (C=O) groups excluding carboxylic acids is 1. The maximum atomic E-state index is 12.5. The molecule has 186 valence electrons. The van der Waals surface area contributed by atoms with Gasteiger partial charge in [0.25, 0.3) is 0 Å². The SMILES string of the molecule is CC(C)(C)NN(O)c1cc(NC(=O)NCc2ccccc2)ccc1-c1cnc(C2CCCCC2)s1. The minimum absolute atomic E-state index is 0.307. The van der Waals surface area contributed by atoms with Gasteiger partial charge in [0.05, 0.1) is 15.6 Å². The van der Waals surface area contributed by atoms with E-state index >= 15 is 0 Å². The maximum absolute atomic E-state index is 12.5. The number of urea groups is 1. The van der Waals surface area contributed by atoms with Crippen LogP contribution in [0.3, 0.4) is 0 Å². The number of hydrogen-bond acceptors (Lipinski definition) is 6. The average molecular weight is 494 g/mol. The fourth-order valence-electron chi connectivity index (χ4n) is 4.27. The van der Waals surface area contributed by atoms with Gasteiger partial charge < -0.3 is 10.6 Å². The summed E-state index contributed by atoms with van der Waals surface area (Å²) in [5, 5.41) is 18.9. The van der Waals surface area contributed by atoms with Crippen molar-refractivity contribution < 1.29 is 10.0 Å². The molecule has 1 aromatic heterocycles. The molecule has 1 aliphatic carbocycles. The van der Waals surface area contributed by atoms with Crippen molar-refractivity contribution in [3.05, 3.63) is 65.3 Å². The third kappa shape index (κ3) is 7.04. The van der Waals surface area contributed by atoms with Crippen LogP contribution < -0.4 is 21.2 Å². The van der Waals surface area contributed by atoms with Crippen LogP contribution in [0.1, 0.15) is 69.4 Å². The van der Waals surface area contributed by atoms with Gasteiger partial charge in [-0.3, -0.25) is 5.21 Å². The molecule has 35 heavy (non-hydrogen) atoms. The van der Waals surface area contributed by atoms with E-state index in [2.05, 4.69) is 16.1 Å². The van der Waals surface area contributed by atoms with E-state index in [9.17, 15) is 10.0 Å². The number of hydrogen-bond donors (Lipinski definition) is 4. The second-order valence-corrected chi connectivity index (χ2v) is 11.2. The molecule has 0 atom stereocenters. The lowest BCUT2D eigenvalue weighted by atomic mass is 9.90. The maximum Gasteiger partial charge on any atom is 0.319 e. The summed E-state index contributed by atoms with van der Waals surface area (Å²) < 4.78 is 0. The van der Waals surface area contributed by atoms with E-state index in [4.69, 9.17) is 4.98 Å². The normalized spacial score (nSPS) is 14.5. The number of carbonyl (C=O) groups is 1. The second-order valence-electron chi connectivity index (χ2n) is 10.1. The minimum atomic E-state index is -0.358. The average Bonchev–Trinajstić information content (AvgIpc) is 3.33. The first-order valence-electron chi connectivity index (χ1n) is 12.2. The van der Waals surface area contributed by atoms with Crippen LogP contribution in [-0.2, 0) is 6.54 Å². The summed E-state index contributed by atoms with van der Waals surface area (Å²) in [7, 11) is 0. The molecule has 1 aliphatic rings. The standard InChI is InChI=1S/C27H35N5O2S/c1-27(2,3)31-32(34)23-16-21(30-26(33)29-17-19-10-6-4-7-11-19)14-15-22(23)24-18-28-25(35-24)20-12-8-5-9-13-20/h4,6-7,10-11,14-16,18,20,31,34H,5,8-9,12-13,17H2,1-3H3,(H2,29,30,33). The van der Waals surface area contributed by atoms with Crippen LogP contribution in [0.2, 0.25) is 0 Å². The lowest BCUT2D eigenvalue weighted by Gasteiger charge is -2.29. The van der Waals surface area contributed by atoms with Crippen LogP contribution in [-0.4, -0.2) is 21.8 Å². The number of hydrazine groups is 1. The highest BCUT2D eigenvalue weighted by molar-refractivity contribution is 7.15. The van der Waals surface area contributed by atoms with Crippen molar-refractivity contribution in [3.63, 3.8) is 0 Å². The number of amides is 2. The van der Waals surface area contributed by atoms with E-state index in [1.807, 2.05) is 69.4 Å². The molecule has 7 nitrogen and oxygen atoms in total. The lowest BCUT2D eigenvalue weighted by molar-refractivity contribution is 0.173. The molecule has 4 N–H and O–H groups in total. The first-order chi connectivity index (χ1) is 16.8. The molecule has 3 aromatic rings. The molecule has 1 fully saturated rings. The molecule has 0 spiro atoms. The van der Waals surface area contributed by atoms with E-state index in [1.54, 1.807) is 17.4 Å². The van der Waals surface area contributed by atoms with Crippen molar-refractivity contribution in [1.82, 2.24) is 15.7 Å². The Morgan fingerprint density at radius 3 is 2.57 bits per heavy atom. The molecule has 2 aromatic carbocycles. The summed E-state index contributed by atoms with van der Waals surface area (Å²) in [6.07, 6.45) is 8.12. The van der Waals surface area contributed by atoms with Crippen LogP contribution in [0, 0.1) is 0 Å². The van der Waals surface area contributed by atoms with Crippen LogP contribution in [0.5, 0.6) is 0 Å². The van der Waals surface area contributed by atoms with Crippen LogP contribution in [0.25, 0.3) is 10.4 Å². The quantitative estimate of drug-likeness (QED) is 0.276. The van der Waals surface area contributed by atoms with Gasteiger partial charge >= 0.3 is 6.03 Å². The largest absolute Gasteiger partial charge is 0.334 e. The van der Waals surface area contributed by atoms with Gasteiger partial charge in [0, 0.05) is 35.4 Å². The van der Waals surface area contributed by atoms with Crippen LogP contribution >= 0.6 is 11.3 Å². The summed E-state index contributed by atoms with van der Waals surface area (Å²) >= 11 is 1.69. The zero-order valence-electron chi connectivity index (χ0n) is 20.7. The molecule has 4 rings (SSSR count). The Labute approximate surface area is 211 Å². The molecule has 2 amide bonds. The highest BCUT2D eigenvalue weighted by Crippen LogP contribution is 2.40. The zero-order chi connectivity index (χ0) is 24.8. The monoisotopic (exact) mass is 493 g/mol. The van der Waals surface area contributed by atoms with E-state index < -0.39 is 0 Å². The van der Waals surface area contributed by atoms with Crippen molar-refractivity contribution in [1.29, 1.82) is 0 Å². The first kappa shape index (κ1) is 25.2.